The standard InChI is InChI=1S/C18H16FN3OS/c1-18(23)16(22-9-5-2-6-10-22)15(13(11-20)17(24)21-18)12-7-3-4-8-14(12)19/h2-10,15-16,21,23H,1H3. The van der Waals surface area contributed by atoms with Gasteiger partial charge in [-0.15, -0.1) is 0 Å². The Balaban J connectivity index is 2.27. The van der Waals surface area contributed by atoms with Crippen molar-refractivity contribution in [2.24, 2.45) is 0 Å². The summed E-state index contributed by atoms with van der Waals surface area (Å²) in [5, 5.41) is 23.5. The molecule has 2 aromatic rings. The van der Waals surface area contributed by atoms with E-state index in [1.165, 1.54) is 6.07 Å². The van der Waals surface area contributed by atoms with Crippen LogP contribution >= 0.6 is 0 Å². The zero-order valence-electron chi connectivity index (χ0n) is 13.0. The number of nitrogens with one attached hydrogen (secondary N) is 1. The maximum atomic E-state index is 14.5. The van der Waals surface area contributed by atoms with Crippen molar-refractivity contribution in [3.05, 3.63) is 76.8 Å². The molecule has 3 atom stereocenters. The van der Waals surface area contributed by atoms with E-state index in [1.807, 2.05) is 18.2 Å². The maximum Gasteiger partial charge on any atom is 0.216 e. The lowest BCUT2D eigenvalue weighted by Gasteiger charge is -2.43. The number of rotatable bonds is 2. The highest BCUT2D eigenvalue weighted by molar-refractivity contribution is 7.63. The van der Waals surface area contributed by atoms with Crippen LogP contribution in [0.2, 0.25) is 0 Å². The molecule has 3 rings (SSSR count). The Kier molecular flexibility index (Phi) is 4.22. The van der Waals surface area contributed by atoms with Crippen LogP contribution in [0.1, 0.15) is 24.4 Å². The number of nitriles is 1. The molecule has 0 amide bonds. The number of pyridine rings is 1. The number of allylic oxidation sites excluding steroid dienone is 1. The molecule has 122 valence electrons. The molecule has 1 aliphatic heterocycles. The van der Waals surface area contributed by atoms with Gasteiger partial charge in [-0.2, -0.15) is 9.83 Å². The first-order valence-corrected chi connectivity index (χ1v) is 7.88. The van der Waals surface area contributed by atoms with Crippen LogP contribution in [0.15, 0.2) is 65.5 Å². The largest absolute Gasteiger partial charge is 0.762 e. The molecule has 1 aromatic carbocycles. The first kappa shape index (κ1) is 16.4. The first-order valence-electron chi connectivity index (χ1n) is 7.47. The molecule has 0 saturated carbocycles. The second kappa shape index (κ2) is 6.19. The van der Waals surface area contributed by atoms with E-state index in [4.69, 9.17) is 12.6 Å². The summed E-state index contributed by atoms with van der Waals surface area (Å²) in [6.07, 6.45) is 3.55. The highest BCUT2D eigenvalue weighted by Gasteiger charge is 2.50. The molecule has 1 aromatic heterocycles. The minimum Gasteiger partial charge on any atom is -0.762 e. The summed E-state index contributed by atoms with van der Waals surface area (Å²) in [4.78, 5) is 0. The average Bonchev–Trinajstić information content (AvgIpc) is 2.55. The highest BCUT2D eigenvalue weighted by atomic mass is 32.1. The van der Waals surface area contributed by atoms with E-state index >= 15 is 0 Å². The van der Waals surface area contributed by atoms with Crippen molar-refractivity contribution in [2.45, 2.75) is 24.6 Å². The number of hydrogen-bond donors (Lipinski definition) is 2. The van der Waals surface area contributed by atoms with Crippen LogP contribution in [0.5, 0.6) is 0 Å². The number of hydrogen-bond acceptors (Lipinski definition) is 4. The van der Waals surface area contributed by atoms with Gasteiger partial charge in [-0.05, 0) is 13.0 Å². The topological polar surface area (TPSA) is 59.9 Å². The molecule has 1 aliphatic rings. The van der Waals surface area contributed by atoms with Crippen molar-refractivity contribution in [3.8, 4) is 6.07 Å². The lowest BCUT2D eigenvalue weighted by Crippen LogP contribution is -2.63. The minimum atomic E-state index is -1.45. The summed E-state index contributed by atoms with van der Waals surface area (Å²) in [7, 11) is 0. The van der Waals surface area contributed by atoms with E-state index in [9.17, 15) is 14.8 Å². The lowest BCUT2D eigenvalue weighted by atomic mass is 9.78. The van der Waals surface area contributed by atoms with Gasteiger partial charge in [0.15, 0.2) is 18.1 Å². The molecule has 0 radical (unpaired) electrons. The molecule has 0 saturated heterocycles. The average molecular weight is 341 g/mol. The van der Waals surface area contributed by atoms with Gasteiger partial charge in [0.1, 0.15) is 5.82 Å². The molecule has 0 bridgehead atoms. The monoisotopic (exact) mass is 341 g/mol. The Bertz CT molecular complexity index is 830. The first-order chi connectivity index (χ1) is 11.5. The van der Waals surface area contributed by atoms with Gasteiger partial charge in [-0.25, -0.2) is 4.39 Å². The molecular formula is C18H16FN3OS. The van der Waals surface area contributed by atoms with E-state index in [-0.39, 0.29) is 10.6 Å². The van der Waals surface area contributed by atoms with Crippen molar-refractivity contribution in [1.29, 1.82) is 5.26 Å². The predicted molar refractivity (Wildman–Crippen MR) is 88.6 cm³/mol. The maximum absolute atomic E-state index is 14.5. The van der Waals surface area contributed by atoms with Crippen LogP contribution in [-0.4, -0.2) is 10.8 Å². The van der Waals surface area contributed by atoms with E-state index < -0.39 is 23.5 Å². The number of halogens is 1. The van der Waals surface area contributed by atoms with Crippen LogP contribution < -0.4 is 9.88 Å². The Morgan fingerprint density at radius 1 is 1.25 bits per heavy atom. The van der Waals surface area contributed by atoms with E-state index in [0.717, 1.165) is 0 Å². The van der Waals surface area contributed by atoms with Gasteiger partial charge in [0, 0.05) is 23.3 Å². The third-order valence-corrected chi connectivity index (χ3v) is 4.56. The van der Waals surface area contributed by atoms with Crippen LogP contribution in [0.3, 0.4) is 0 Å². The quantitative estimate of drug-likeness (QED) is 0.648. The molecule has 0 aliphatic carbocycles. The molecule has 2 heterocycles. The van der Waals surface area contributed by atoms with E-state index in [0.29, 0.717) is 5.56 Å². The van der Waals surface area contributed by atoms with Crippen LogP contribution in [0.25, 0.3) is 0 Å². The van der Waals surface area contributed by atoms with Gasteiger partial charge in [-0.1, -0.05) is 29.3 Å². The fraction of sp³-hybridized carbons (Fsp3) is 0.222. The van der Waals surface area contributed by atoms with Crippen molar-refractivity contribution < 1.29 is 14.1 Å². The van der Waals surface area contributed by atoms with Crippen LogP contribution in [0.4, 0.5) is 4.39 Å². The van der Waals surface area contributed by atoms with Crippen LogP contribution in [-0.2, 0) is 12.6 Å². The highest BCUT2D eigenvalue weighted by Crippen LogP contribution is 2.42. The van der Waals surface area contributed by atoms with Crippen LogP contribution in [0, 0.1) is 17.1 Å². The zero-order chi connectivity index (χ0) is 17.3. The third kappa shape index (κ3) is 2.73. The molecule has 6 heteroatoms. The summed E-state index contributed by atoms with van der Waals surface area (Å²) in [5.74, 6) is -1.13. The smallest absolute Gasteiger partial charge is 0.216 e. The van der Waals surface area contributed by atoms with E-state index in [2.05, 4.69) is 11.4 Å². The summed E-state index contributed by atoms with van der Waals surface area (Å²) in [6.45, 7) is 1.58. The van der Waals surface area contributed by atoms with Crippen molar-refractivity contribution in [2.75, 3.05) is 0 Å². The van der Waals surface area contributed by atoms with E-state index in [1.54, 1.807) is 42.1 Å². The van der Waals surface area contributed by atoms with Crippen molar-refractivity contribution in [3.63, 3.8) is 0 Å². The number of nitrogens with zero attached hydrogens (tertiary/aromatic N) is 2. The molecule has 24 heavy (non-hydrogen) atoms. The molecule has 2 N–H and O–H groups in total. The summed E-state index contributed by atoms with van der Waals surface area (Å²) >= 11 is 5.24. The molecule has 0 fully saturated rings. The second-order valence-corrected chi connectivity index (χ2v) is 6.30. The van der Waals surface area contributed by atoms with Gasteiger partial charge in [-0.3, -0.25) is 0 Å². The molecular weight excluding hydrogens is 325 g/mol. The Hall–Kier alpha value is -2.49. The normalized spacial score (nSPS) is 26.6. The predicted octanol–water partition coefficient (Wildman–Crippen LogP) is 2.03. The van der Waals surface area contributed by atoms with Gasteiger partial charge in [0.25, 0.3) is 0 Å². The Morgan fingerprint density at radius 3 is 2.54 bits per heavy atom. The van der Waals surface area contributed by atoms with Gasteiger partial charge in [0.05, 0.1) is 12.0 Å². The molecule has 3 unspecified atom stereocenters. The van der Waals surface area contributed by atoms with Gasteiger partial charge < -0.3 is 23.1 Å². The van der Waals surface area contributed by atoms with Gasteiger partial charge >= 0.3 is 0 Å². The SMILES string of the molecule is CC1(O)NC([S-])=C(C#N)C(c2ccccc2F)C1[n+]1ccccc1. The Labute approximate surface area is 145 Å². The number of benzene rings is 1. The molecule has 0 spiro atoms. The summed E-state index contributed by atoms with van der Waals surface area (Å²) in [6, 6.07) is 13.2. The zero-order valence-corrected chi connectivity index (χ0v) is 13.8. The molecule has 4 nitrogen and oxygen atoms in total. The minimum absolute atomic E-state index is 0.142. The number of aliphatic hydroxyl groups is 1. The van der Waals surface area contributed by atoms with Gasteiger partial charge in [0.2, 0.25) is 6.04 Å². The fourth-order valence-electron chi connectivity index (χ4n) is 3.23. The summed E-state index contributed by atoms with van der Waals surface area (Å²) in [5.41, 5.74) is -0.876. The van der Waals surface area contributed by atoms with Crippen molar-refractivity contribution in [1.82, 2.24) is 5.32 Å². The van der Waals surface area contributed by atoms with Crippen molar-refractivity contribution >= 4 is 12.6 Å². The fourth-order valence-corrected chi connectivity index (χ4v) is 3.61. The third-order valence-electron chi connectivity index (χ3n) is 4.23. The Morgan fingerprint density at radius 2 is 1.92 bits per heavy atom. The summed E-state index contributed by atoms with van der Waals surface area (Å²) < 4.78 is 16.2. The second-order valence-electron chi connectivity index (χ2n) is 5.89. The lowest BCUT2D eigenvalue weighted by molar-refractivity contribution is -0.741. The number of aromatic nitrogens is 1.